The van der Waals surface area contributed by atoms with Crippen molar-refractivity contribution in [2.45, 2.75) is 46.5 Å². The van der Waals surface area contributed by atoms with Gasteiger partial charge in [0.05, 0.1) is 13.2 Å². The third-order valence-corrected chi connectivity index (χ3v) is 3.42. The van der Waals surface area contributed by atoms with Gasteiger partial charge in [-0.15, -0.1) is 0 Å². The number of carbonyl (C=O) groups is 1. The van der Waals surface area contributed by atoms with Gasteiger partial charge in [-0.3, -0.25) is 13.9 Å². The molecular weight excluding hydrogens is 271 g/mol. The van der Waals surface area contributed by atoms with Gasteiger partial charge >= 0.3 is 13.8 Å². The molecule has 0 aliphatic carbocycles. The molecule has 0 N–H and O–H groups in total. The Morgan fingerprint density at radius 1 is 1.16 bits per heavy atom. The minimum Gasteiger partial charge on any atom is -0.285 e. The maximum absolute atomic E-state index is 12.0. The lowest BCUT2D eigenvalue weighted by Crippen LogP contribution is -2.08. The monoisotopic (exact) mass is 294 g/mol. The molecule has 0 saturated carbocycles. The van der Waals surface area contributed by atoms with Crippen LogP contribution >= 0.6 is 7.82 Å². The van der Waals surface area contributed by atoms with Crippen molar-refractivity contribution in [2.24, 2.45) is 0 Å². The summed E-state index contributed by atoms with van der Waals surface area (Å²) < 4.78 is 26.4. The molecule has 0 aromatic carbocycles. The summed E-state index contributed by atoms with van der Waals surface area (Å²) in [5.74, 6) is -0.811. The fraction of sp³-hybridized carbons (Fsp3) is 0.750. The highest BCUT2D eigenvalue weighted by Crippen LogP contribution is 2.49. The molecule has 7 heteroatoms. The largest absolute Gasteiger partial charge is 0.511 e. The van der Waals surface area contributed by atoms with Gasteiger partial charge in [0.1, 0.15) is 0 Å². The number of hydrogen-bond acceptors (Lipinski definition) is 6. The van der Waals surface area contributed by atoms with Gasteiger partial charge in [0, 0.05) is 5.57 Å². The number of rotatable bonds is 11. The molecule has 0 bridgehead atoms. The second-order valence-electron chi connectivity index (χ2n) is 3.98. The molecule has 0 spiro atoms. The summed E-state index contributed by atoms with van der Waals surface area (Å²) in [6.45, 7) is 8.89. The van der Waals surface area contributed by atoms with Crippen molar-refractivity contribution in [3.05, 3.63) is 12.2 Å². The Labute approximate surface area is 114 Å². The molecule has 0 amide bonds. The van der Waals surface area contributed by atoms with E-state index < -0.39 is 13.8 Å². The highest BCUT2D eigenvalue weighted by Gasteiger charge is 2.29. The smallest absolute Gasteiger partial charge is 0.285 e. The van der Waals surface area contributed by atoms with E-state index in [1.807, 2.05) is 0 Å². The first-order valence-electron chi connectivity index (χ1n) is 6.40. The Morgan fingerprint density at radius 2 is 1.84 bits per heavy atom. The van der Waals surface area contributed by atoms with Crippen LogP contribution < -0.4 is 0 Å². The molecule has 0 fully saturated rings. The quantitative estimate of drug-likeness (QED) is 0.190. The third-order valence-electron chi connectivity index (χ3n) is 2.09. The minimum absolute atomic E-state index is 0.122. The van der Waals surface area contributed by atoms with Crippen LogP contribution in [-0.2, 0) is 28.0 Å². The van der Waals surface area contributed by atoms with Crippen LogP contribution in [0.3, 0.4) is 0 Å². The fourth-order valence-corrected chi connectivity index (χ4v) is 2.08. The number of phosphoric acid groups is 1. The van der Waals surface area contributed by atoms with Crippen molar-refractivity contribution in [1.29, 1.82) is 0 Å². The molecule has 0 aliphatic heterocycles. The predicted octanol–water partition coefficient (Wildman–Crippen LogP) is 3.78. The van der Waals surface area contributed by atoms with Crippen molar-refractivity contribution < 1.29 is 28.0 Å². The second kappa shape index (κ2) is 10.1. The zero-order valence-electron chi connectivity index (χ0n) is 11.8. The maximum Gasteiger partial charge on any atom is 0.511 e. The van der Waals surface area contributed by atoms with Crippen molar-refractivity contribution in [3.8, 4) is 0 Å². The molecule has 0 aromatic heterocycles. The van der Waals surface area contributed by atoms with E-state index >= 15 is 0 Å². The summed E-state index contributed by atoms with van der Waals surface area (Å²) in [5, 5.41) is 0. The molecule has 0 aliphatic rings. The molecule has 0 rings (SSSR count). The molecule has 1 atom stereocenters. The molecular formula is C12H23O6P. The van der Waals surface area contributed by atoms with E-state index in [2.05, 4.69) is 23.1 Å². The first-order valence-corrected chi connectivity index (χ1v) is 7.86. The van der Waals surface area contributed by atoms with Gasteiger partial charge in [0.15, 0.2) is 0 Å². The summed E-state index contributed by atoms with van der Waals surface area (Å²) in [6, 6.07) is 0. The molecule has 0 heterocycles. The van der Waals surface area contributed by atoms with Crippen LogP contribution in [0.15, 0.2) is 12.2 Å². The molecule has 0 aromatic rings. The lowest BCUT2D eigenvalue weighted by molar-refractivity contribution is -0.220. The number of hydrogen-bond donors (Lipinski definition) is 0. The summed E-state index contributed by atoms with van der Waals surface area (Å²) in [6.07, 6.45) is 3.88. The van der Waals surface area contributed by atoms with Crippen molar-refractivity contribution >= 4 is 13.8 Å². The van der Waals surface area contributed by atoms with Crippen LogP contribution in [0.2, 0.25) is 0 Å². The lowest BCUT2D eigenvalue weighted by Gasteiger charge is -2.15. The predicted molar refractivity (Wildman–Crippen MR) is 71.3 cm³/mol. The van der Waals surface area contributed by atoms with Crippen molar-refractivity contribution in [3.63, 3.8) is 0 Å². The minimum atomic E-state index is -3.85. The first kappa shape index (κ1) is 18.3. The zero-order valence-corrected chi connectivity index (χ0v) is 12.7. The van der Waals surface area contributed by atoms with Gasteiger partial charge in [-0.1, -0.05) is 37.4 Å². The third kappa shape index (κ3) is 8.94. The van der Waals surface area contributed by atoms with Gasteiger partial charge in [-0.25, -0.2) is 9.36 Å². The van der Waals surface area contributed by atoms with Crippen LogP contribution in [0.4, 0.5) is 0 Å². The van der Waals surface area contributed by atoms with Crippen LogP contribution in [0.25, 0.3) is 0 Å². The van der Waals surface area contributed by atoms with Gasteiger partial charge < -0.3 is 0 Å². The molecule has 112 valence electrons. The lowest BCUT2D eigenvalue weighted by atomic mass is 10.2. The van der Waals surface area contributed by atoms with Crippen LogP contribution in [0, 0.1) is 0 Å². The van der Waals surface area contributed by atoms with Gasteiger partial charge in [0.25, 0.3) is 0 Å². The Kier molecular flexibility index (Phi) is 9.79. The number of unbranched alkanes of at least 4 members (excludes halogenated alkanes) is 3. The highest BCUT2D eigenvalue weighted by atomic mass is 31.2. The van der Waals surface area contributed by atoms with Crippen LogP contribution in [-0.4, -0.2) is 19.2 Å². The van der Waals surface area contributed by atoms with Crippen LogP contribution in [0.1, 0.15) is 46.5 Å². The second-order valence-corrected chi connectivity index (χ2v) is 5.54. The molecule has 0 radical (unpaired) electrons. The maximum atomic E-state index is 12.0. The average Bonchev–Trinajstić information content (AvgIpc) is 2.36. The molecule has 19 heavy (non-hydrogen) atoms. The Morgan fingerprint density at radius 3 is 2.37 bits per heavy atom. The van der Waals surface area contributed by atoms with E-state index in [9.17, 15) is 9.36 Å². The van der Waals surface area contributed by atoms with Crippen molar-refractivity contribution in [2.75, 3.05) is 13.2 Å². The molecule has 0 saturated heterocycles. The van der Waals surface area contributed by atoms with E-state index in [0.717, 1.165) is 25.7 Å². The summed E-state index contributed by atoms with van der Waals surface area (Å²) in [5.41, 5.74) is 0.131. The van der Waals surface area contributed by atoms with E-state index in [4.69, 9.17) is 9.05 Å². The summed E-state index contributed by atoms with van der Waals surface area (Å²) >= 11 is 0. The highest BCUT2D eigenvalue weighted by molar-refractivity contribution is 7.48. The average molecular weight is 294 g/mol. The normalized spacial score (nSPS) is 13.8. The number of phosphoric ester groups is 1. The van der Waals surface area contributed by atoms with E-state index in [0.29, 0.717) is 0 Å². The van der Waals surface area contributed by atoms with E-state index in [1.54, 1.807) is 6.92 Å². The number of carbonyl (C=O) groups excluding carboxylic acids is 1. The summed E-state index contributed by atoms with van der Waals surface area (Å²) in [4.78, 5) is 15.5. The summed E-state index contributed by atoms with van der Waals surface area (Å²) in [7, 11) is -3.85. The topological polar surface area (TPSA) is 71.1 Å². The SMILES string of the molecule is C=C(C)C(=O)OOP(=O)(OCC)OCCCCCC. The van der Waals surface area contributed by atoms with Crippen molar-refractivity contribution in [1.82, 2.24) is 0 Å². The Hall–Kier alpha value is -0.680. The first-order chi connectivity index (χ1) is 8.95. The van der Waals surface area contributed by atoms with Gasteiger partial charge in [-0.2, -0.15) is 0 Å². The van der Waals surface area contributed by atoms with E-state index in [1.165, 1.54) is 6.92 Å². The Balaban J connectivity index is 4.14. The van der Waals surface area contributed by atoms with Crippen LogP contribution in [0.5, 0.6) is 0 Å². The molecule has 1 unspecified atom stereocenters. The van der Waals surface area contributed by atoms with E-state index in [-0.39, 0.29) is 18.8 Å². The van der Waals surface area contributed by atoms with Gasteiger partial charge in [-0.05, 0) is 20.3 Å². The Bertz CT molecular complexity index is 328. The standard InChI is InChI=1S/C12H23O6P/c1-5-7-8-9-10-16-19(14,15-6-2)18-17-12(13)11(3)4/h3,5-10H2,1-2,4H3. The fourth-order valence-electron chi connectivity index (χ4n) is 1.09. The molecule has 6 nitrogen and oxygen atoms in total. The van der Waals surface area contributed by atoms with Gasteiger partial charge in [0.2, 0.25) is 0 Å². The zero-order chi connectivity index (χ0) is 14.7.